The van der Waals surface area contributed by atoms with Gasteiger partial charge in [-0.3, -0.25) is 14.2 Å². The molecule has 0 aliphatic heterocycles. The van der Waals surface area contributed by atoms with Crippen molar-refractivity contribution in [3.05, 3.63) is 118 Å². The first-order valence-corrected chi connectivity index (χ1v) is 13.0. The lowest BCUT2D eigenvalue weighted by Gasteiger charge is -2.27. The van der Waals surface area contributed by atoms with E-state index in [9.17, 15) is 9.59 Å². The summed E-state index contributed by atoms with van der Waals surface area (Å²) in [5.41, 5.74) is 3.49. The Morgan fingerprint density at radius 3 is 1.83 bits per heavy atom. The molecule has 0 bridgehead atoms. The Morgan fingerprint density at radius 2 is 1.36 bits per heavy atom. The Hall–Kier alpha value is -3.84. The van der Waals surface area contributed by atoms with E-state index in [2.05, 4.69) is 5.32 Å². The molecule has 6 nitrogen and oxygen atoms in total. The van der Waals surface area contributed by atoms with Crippen molar-refractivity contribution in [3.8, 4) is 0 Å². The Labute approximate surface area is 216 Å². The number of hydrogen-bond acceptors (Lipinski definition) is 5. The summed E-state index contributed by atoms with van der Waals surface area (Å²) in [5.74, 6) is 0.694. The highest BCUT2D eigenvalue weighted by molar-refractivity contribution is 7.98. The van der Waals surface area contributed by atoms with Gasteiger partial charge in [0.05, 0.1) is 0 Å². The molecule has 0 aliphatic rings. The number of anilines is 2. The SMILES string of the molecule is CCn1c(SCc2ccccc2)nc(NC(C)=O)c(N(Cc2ccccc2)Cc2ccccc2)c1=O. The molecule has 3 aromatic carbocycles. The van der Waals surface area contributed by atoms with Crippen molar-refractivity contribution in [2.45, 2.75) is 44.4 Å². The summed E-state index contributed by atoms with van der Waals surface area (Å²) in [4.78, 5) is 33.0. The summed E-state index contributed by atoms with van der Waals surface area (Å²) in [6, 6.07) is 30.1. The van der Waals surface area contributed by atoms with Crippen molar-refractivity contribution in [1.82, 2.24) is 9.55 Å². The second-order valence-electron chi connectivity index (χ2n) is 8.42. The minimum absolute atomic E-state index is 0.168. The Kier molecular flexibility index (Phi) is 8.57. The standard InChI is InChI=1S/C29H30N4O2S/c1-3-33-28(35)26(27(30-22(2)34)31-29(33)36-21-25-17-11-6-12-18-25)32(19-23-13-7-4-8-14-23)20-24-15-9-5-10-16-24/h4-18H,3,19-21H2,1-2H3,(H,30,34). The summed E-state index contributed by atoms with van der Waals surface area (Å²) >= 11 is 1.49. The van der Waals surface area contributed by atoms with Crippen LogP contribution in [0.2, 0.25) is 0 Å². The highest BCUT2D eigenvalue weighted by atomic mass is 32.2. The third-order valence-electron chi connectivity index (χ3n) is 5.68. The second-order valence-corrected chi connectivity index (χ2v) is 9.37. The number of nitrogens with zero attached hydrogens (tertiary/aromatic N) is 3. The smallest absolute Gasteiger partial charge is 0.279 e. The van der Waals surface area contributed by atoms with Crippen LogP contribution in [0.1, 0.15) is 30.5 Å². The van der Waals surface area contributed by atoms with Gasteiger partial charge in [-0.15, -0.1) is 0 Å². The highest BCUT2D eigenvalue weighted by Gasteiger charge is 2.23. The van der Waals surface area contributed by atoms with Crippen molar-refractivity contribution in [2.75, 3.05) is 10.2 Å². The van der Waals surface area contributed by atoms with Crippen molar-refractivity contribution < 1.29 is 4.79 Å². The van der Waals surface area contributed by atoms with Crippen LogP contribution in [-0.4, -0.2) is 15.5 Å². The summed E-state index contributed by atoms with van der Waals surface area (Å²) in [6.07, 6.45) is 0. The summed E-state index contributed by atoms with van der Waals surface area (Å²) in [7, 11) is 0. The van der Waals surface area contributed by atoms with Gasteiger partial charge >= 0.3 is 0 Å². The van der Waals surface area contributed by atoms with Gasteiger partial charge in [0, 0.05) is 32.3 Å². The second kappa shape index (κ2) is 12.2. The molecule has 0 unspecified atom stereocenters. The molecule has 0 saturated carbocycles. The minimum atomic E-state index is -0.268. The van der Waals surface area contributed by atoms with E-state index in [1.165, 1.54) is 18.7 Å². The van der Waals surface area contributed by atoms with Crippen molar-refractivity contribution in [2.24, 2.45) is 0 Å². The fourth-order valence-corrected chi connectivity index (χ4v) is 5.01. The maximum absolute atomic E-state index is 14.0. The zero-order valence-corrected chi connectivity index (χ0v) is 21.4. The van der Waals surface area contributed by atoms with Gasteiger partial charge in [0.15, 0.2) is 11.0 Å². The van der Waals surface area contributed by atoms with Crippen molar-refractivity contribution in [1.29, 1.82) is 0 Å². The van der Waals surface area contributed by atoms with E-state index in [0.717, 1.165) is 16.7 Å². The normalized spacial score (nSPS) is 10.7. The molecule has 0 radical (unpaired) electrons. The van der Waals surface area contributed by atoms with Crippen LogP contribution in [-0.2, 0) is 30.2 Å². The van der Waals surface area contributed by atoms with Crippen LogP contribution in [0.15, 0.2) is 101 Å². The number of rotatable bonds is 10. The molecule has 0 fully saturated rings. The van der Waals surface area contributed by atoms with Crippen molar-refractivity contribution in [3.63, 3.8) is 0 Å². The Balaban J connectivity index is 1.79. The first kappa shape index (κ1) is 25.3. The predicted molar refractivity (Wildman–Crippen MR) is 147 cm³/mol. The van der Waals surface area contributed by atoms with Gasteiger partial charge in [-0.25, -0.2) is 4.98 Å². The average molecular weight is 499 g/mol. The van der Waals surface area contributed by atoms with Crippen LogP contribution in [0.5, 0.6) is 0 Å². The van der Waals surface area contributed by atoms with Crippen molar-refractivity contribution >= 4 is 29.2 Å². The molecule has 0 spiro atoms. The zero-order valence-electron chi connectivity index (χ0n) is 20.6. The van der Waals surface area contributed by atoms with E-state index >= 15 is 0 Å². The van der Waals surface area contributed by atoms with Crippen LogP contribution in [0.25, 0.3) is 0 Å². The fraction of sp³-hybridized carbons (Fsp3) is 0.207. The summed E-state index contributed by atoms with van der Waals surface area (Å²) < 4.78 is 1.69. The molecule has 36 heavy (non-hydrogen) atoms. The van der Waals surface area contributed by atoms with Gasteiger partial charge in [0.25, 0.3) is 5.56 Å². The molecule has 0 atom stereocenters. The number of carbonyl (C=O) groups excluding carboxylic acids is 1. The molecule has 0 saturated heterocycles. The molecule has 184 valence electrons. The largest absolute Gasteiger partial charge is 0.355 e. The zero-order chi connectivity index (χ0) is 25.3. The van der Waals surface area contributed by atoms with Crippen LogP contribution < -0.4 is 15.8 Å². The summed E-state index contributed by atoms with van der Waals surface area (Å²) in [5, 5.41) is 3.42. The third kappa shape index (κ3) is 6.43. The molecule has 4 rings (SSSR count). The van der Waals surface area contributed by atoms with E-state index in [1.807, 2.05) is 103 Å². The third-order valence-corrected chi connectivity index (χ3v) is 6.73. The van der Waals surface area contributed by atoms with E-state index in [0.29, 0.717) is 42.0 Å². The maximum Gasteiger partial charge on any atom is 0.279 e. The predicted octanol–water partition coefficient (Wildman–Crippen LogP) is 5.72. The lowest BCUT2D eigenvalue weighted by Crippen LogP contribution is -2.34. The van der Waals surface area contributed by atoms with Crippen LogP contribution in [0.4, 0.5) is 11.5 Å². The molecule has 0 aliphatic carbocycles. The van der Waals surface area contributed by atoms with Gasteiger partial charge in [-0.2, -0.15) is 0 Å². The molecule has 1 N–H and O–H groups in total. The minimum Gasteiger partial charge on any atom is -0.355 e. The van der Waals surface area contributed by atoms with Gasteiger partial charge < -0.3 is 10.2 Å². The van der Waals surface area contributed by atoms with Gasteiger partial charge in [0.2, 0.25) is 5.91 Å². The lowest BCUT2D eigenvalue weighted by atomic mass is 10.1. The average Bonchev–Trinajstić information content (AvgIpc) is 2.89. The van der Waals surface area contributed by atoms with Crippen LogP contribution in [0.3, 0.4) is 0 Å². The molecular weight excluding hydrogens is 468 g/mol. The summed E-state index contributed by atoms with van der Waals surface area (Å²) in [6.45, 7) is 4.85. The number of aromatic nitrogens is 2. The van der Waals surface area contributed by atoms with E-state index in [4.69, 9.17) is 4.98 Å². The molecule has 7 heteroatoms. The molecular formula is C29H30N4O2S. The number of carbonyl (C=O) groups is 1. The number of nitrogens with one attached hydrogen (secondary N) is 1. The topological polar surface area (TPSA) is 67.2 Å². The van der Waals surface area contributed by atoms with Gasteiger partial charge in [-0.05, 0) is 23.6 Å². The van der Waals surface area contributed by atoms with E-state index in [-0.39, 0.29) is 11.5 Å². The van der Waals surface area contributed by atoms with Crippen LogP contribution in [0, 0.1) is 0 Å². The van der Waals surface area contributed by atoms with E-state index in [1.54, 1.807) is 4.57 Å². The molecule has 1 aromatic heterocycles. The Morgan fingerprint density at radius 1 is 0.861 bits per heavy atom. The quantitative estimate of drug-likeness (QED) is 0.224. The number of hydrogen-bond donors (Lipinski definition) is 1. The monoisotopic (exact) mass is 498 g/mol. The highest BCUT2D eigenvalue weighted by Crippen LogP contribution is 2.28. The van der Waals surface area contributed by atoms with E-state index < -0.39 is 0 Å². The molecule has 1 amide bonds. The van der Waals surface area contributed by atoms with Crippen LogP contribution >= 0.6 is 11.8 Å². The first-order valence-electron chi connectivity index (χ1n) is 12.0. The van der Waals surface area contributed by atoms with Gasteiger partial charge in [0.1, 0.15) is 5.69 Å². The molecule has 1 heterocycles. The molecule has 4 aromatic rings. The Bertz CT molecular complexity index is 1300. The fourth-order valence-electron chi connectivity index (χ4n) is 4.00. The number of benzene rings is 3. The first-order chi connectivity index (χ1) is 17.5. The number of amides is 1. The number of thioether (sulfide) groups is 1. The lowest BCUT2D eigenvalue weighted by molar-refractivity contribution is -0.114. The maximum atomic E-state index is 14.0. The van der Waals surface area contributed by atoms with Gasteiger partial charge in [-0.1, -0.05) is 103 Å².